The van der Waals surface area contributed by atoms with Crippen LogP contribution in [0.25, 0.3) is 0 Å². The van der Waals surface area contributed by atoms with Gasteiger partial charge in [0.1, 0.15) is 5.82 Å². The first-order valence-electron chi connectivity index (χ1n) is 6.44. The summed E-state index contributed by atoms with van der Waals surface area (Å²) in [5.41, 5.74) is 0. The Morgan fingerprint density at radius 1 is 1.47 bits per heavy atom. The maximum absolute atomic E-state index is 4.50. The molecule has 1 unspecified atom stereocenters. The maximum Gasteiger partial charge on any atom is 0.202 e. The van der Waals surface area contributed by atoms with Crippen LogP contribution in [-0.4, -0.2) is 40.4 Å². The fourth-order valence-corrected chi connectivity index (χ4v) is 2.86. The van der Waals surface area contributed by atoms with Crippen LogP contribution in [0, 0.1) is 0 Å². The Bertz CT molecular complexity index is 350. The van der Waals surface area contributed by atoms with Crippen molar-refractivity contribution in [3.05, 3.63) is 5.82 Å². The van der Waals surface area contributed by atoms with Gasteiger partial charge in [-0.15, -0.1) is 0 Å². The molecule has 2 rings (SSSR count). The van der Waals surface area contributed by atoms with E-state index in [4.69, 9.17) is 0 Å². The molecule has 17 heavy (non-hydrogen) atoms. The number of nitrogens with zero attached hydrogens (tertiary/aromatic N) is 3. The molecule has 1 aromatic heterocycles. The van der Waals surface area contributed by atoms with Gasteiger partial charge in [0, 0.05) is 30.0 Å². The van der Waals surface area contributed by atoms with Crippen LogP contribution in [0.1, 0.15) is 44.9 Å². The second-order valence-corrected chi connectivity index (χ2v) is 5.88. The van der Waals surface area contributed by atoms with Gasteiger partial charge in [0.05, 0.1) is 0 Å². The average Bonchev–Trinajstić information content (AvgIpc) is 2.77. The zero-order valence-electron chi connectivity index (χ0n) is 10.9. The topological polar surface area (TPSA) is 41.1 Å². The molecule has 1 saturated heterocycles. The summed E-state index contributed by atoms with van der Waals surface area (Å²) in [6, 6.07) is 0.648. The molecule has 1 aromatic rings. The zero-order chi connectivity index (χ0) is 12.3. The van der Waals surface area contributed by atoms with E-state index in [0.717, 1.165) is 17.5 Å². The van der Waals surface area contributed by atoms with E-state index < -0.39 is 0 Å². The van der Waals surface area contributed by atoms with E-state index in [1.54, 1.807) is 0 Å². The normalized spacial score (nSPS) is 22.0. The largest absolute Gasteiger partial charge is 0.359 e. The number of anilines is 1. The molecule has 1 atom stereocenters. The molecule has 0 aliphatic carbocycles. The highest BCUT2D eigenvalue weighted by atomic mass is 32.1. The summed E-state index contributed by atoms with van der Waals surface area (Å²) in [5.74, 6) is 1.37. The molecule has 1 aliphatic rings. The quantitative estimate of drug-likeness (QED) is 0.896. The Balaban J connectivity index is 1.84. The summed E-state index contributed by atoms with van der Waals surface area (Å²) >= 11 is 1.48. The van der Waals surface area contributed by atoms with Gasteiger partial charge in [-0.25, -0.2) is 4.98 Å². The second-order valence-electron chi connectivity index (χ2n) is 5.12. The van der Waals surface area contributed by atoms with E-state index in [1.807, 2.05) is 0 Å². The standard InChI is InChI=1S/C12H22N4S/c1-9(2)11-14-12(17-15-11)13-8-10-6-4-5-7-16(10)3/h9-10H,4-8H2,1-3H3,(H,13,14,15). The lowest BCUT2D eigenvalue weighted by molar-refractivity contribution is 0.194. The maximum atomic E-state index is 4.50. The van der Waals surface area contributed by atoms with Crippen molar-refractivity contribution in [1.82, 2.24) is 14.3 Å². The Kier molecular flexibility index (Phi) is 4.34. The lowest BCUT2D eigenvalue weighted by Crippen LogP contribution is -2.40. The number of hydrogen-bond acceptors (Lipinski definition) is 5. The highest BCUT2D eigenvalue weighted by molar-refractivity contribution is 7.09. The van der Waals surface area contributed by atoms with Gasteiger partial charge in [-0.3, -0.25) is 0 Å². The minimum Gasteiger partial charge on any atom is -0.359 e. The number of nitrogens with one attached hydrogen (secondary N) is 1. The van der Waals surface area contributed by atoms with Crippen LogP contribution in [0.3, 0.4) is 0 Å². The Morgan fingerprint density at radius 3 is 2.94 bits per heavy atom. The molecule has 0 aromatic carbocycles. The van der Waals surface area contributed by atoms with Gasteiger partial charge >= 0.3 is 0 Å². The molecule has 0 radical (unpaired) electrons. The van der Waals surface area contributed by atoms with Gasteiger partial charge in [-0.1, -0.05) is 20.3 Å². The van der Waals surface area contributed by atoms with Crippen LogP contribution in [0.4, 0.5) is 5.13 Å². The van der Waals surface area contributed by atoms with Gasteiger partial charge in [-0.2, -0.15) is 4.37 Å². The average molecular weight is 254 g/mol. The minimum absolute atomic E-state index is 0.416. The van der Waals surface area contributed by atoms with Crippen LogP contribution in [0.2, 0.25) is 0 Å². The summed E-state index contributed by atoms with van der Waals surface area (Å²) in [4.78, 5) is 6.94. The summed E-state index contributed by atoms with van der Waals surface area (Å²) in [6.45, 7) is 6.46. The third-order valence-corrected chi connectivity index (χ3v) is 4.06. The number of aromatic nitrogens is 2. The second kappa shape index (κ2) is 5.78. The summed E-state index contributed by atoms with van der Waals surface area (Å²) in [6.07, 6.45) is 3.98. The monoisotopic (exact) mass is 254 g/mol. The molecule has 5 heteroatoms. The Morgan fingerprint density at radius 2 is 2.29 bits per heavy atom. The first-order valence-corrected chi connectivity index (χ1v) is 7.22. The van der Waals surface area contributed by atoms with Crippen LogP contribution in [0.15, 0.2) is 0 Å². The van der Waals surface area contributed by atoms with Crippen molar-refractivity contribution in [3.8, 4) is 0 Å². The van der Waals surface area contributed by atoms with Crippen LogP contribution >= 0.6 is 11.5 Å². The van der Waals surface area contributed by atoms with Gasteiger partial charge in [-0.05, 0) is 26.4 Å². The summed E-state index contributed by atoms with van der Waals surface area (Å²) in [5, 5.41) is 4.39. The first kappa shape index (κ1) is 12.8. The van der Waals surface area contributed by atoms with Crippen molar-refractivity contribution in [2.75, 3.05) is 25.5 Å². The molecule has 96 valence electrons. The Labute approximate surface area is 108 Å². The van der Waals surface area contributed by atoms with E-state index in [-0.39, 0.29) is 0 Å². The summed E-state index contributed by atoms with van der Waals surface area (Å²) in [7, 11) is 2.21. The number of rotatable bonds is 4. The van der Waals surface area contributed by atoms with Crippen molar-refractivity contribution in [2.24, 2.45) is 0 Å². The van der Waals surface area contributed by atoms with Crippen LogP contribution in [-0.2, 0) is 0 Å². The summed E-state index contributed by atoms with van der Waals surface area (Å²) < 4.78 is 4.35. The minimum atomic E-state index is 0.416. The molecule has 0 amide bonds. The van der Waals surface area contributed by atoms with Crippen LogP contribution in [0.5, 0.6) is 0 Å². The predicted octanol–water partition coefficient (Wildman–Crippen LogP) is 2.56. The van der Waals surface area contributed by atoms with Crippen molar-refractivity contribution in [3.63, 3.8) is 0 Å². The van der Waals surface area contributed by atoms with E-state index in [0.29, 0.717) is 12.0 Å². The van der Waals surface area contributed by atoms with E-state index >= 15 is 0 Å². The first-order chi connectivity index (χ1) is 8.16. The number of likely N-dealkylation sites (N-methyl/N-ethyl adjacent to an activating group) is 1. The Hall–Kier alpha value is -0.680. The molecule has 0 spiro atoms. The fourth-order valence-electron chi connectivity index (χ4n) is 2.15. The van der Waals surface area contributed by atoms with Crippen LogP contribution < -0.4 is 5.32 Å². The van der Waals surface area contributed by atoms with Gasteiger partial charge in [0.25, 0.3) is 0 Å². The molecular weight excluding hydrogens is 232 g/mol. The smallest absolute Gasteiger partial charge is 0.202 e. The highest BCUT2D eigenvalue weighted by Crippen LogP contribution is 2.19. The lowest BCUT2D eigenvalue weighted by Gasteiger charge is -2.32. The molecule has 1 fully saturated rings. The third-order valence-electron chi connectivity index (χ3n) is 3.37. The molecule has 1 aliphatic heterocycles. The van der Waals surface area contributed by atoms with E-state index in [2.05, 4.69) is 40.5 Å². The molecule has 0 saturated carbocycles. The van der Waals surface area contributed by atoms with Crippen molar-refractivity contribution in [1.29, 1.82) is 0 Å². The predicted molar refractivity (Wildman–Crippen MR) is 72.8 cm³/mol. The van der Waals surface area contributed by atoms with Crippen molar-refractivity contribution < 1.29 is 0 Å². The SMILES string of the molecule is CC(C)c1nsc(NCC2CCCCN2C)n1. The van der Waals surface area contributed by atoms with E-state index in [1.165, 1.54) is 37.3 Å². The third kappa shape index (κ3) is 3.39. The lowest BCUT2D eigenvalue weighted by atomic mass is 10.0. The van der Waals surface area contributed by atoms with Gasteiger partial charge < -0.3 is 10.2 Å². The fraction of sp³-hybridized carbons (Fsp3) is 0.833. The number of likely N-dealkylation sites (tertiary alicyclic amines) is 1. The van der Waals surface area contributed by atoms with Crippen molar-refractivity contribution in [2.45, 2.75) is 45.1 Å². The highest BCUT2D eigenvalue weighted by Gasteiger charge is 2.19. The number of piperidine rings is 1. The van der Waals surface area contributed by atoms with Gasteiger partial charge in [0.15, 0.2) is 0 Å². The molecular formula is C12H22N4S. The molecule has 0 bridgehead atoms. The van der Waals surface area contributed by atoms with Crippen molar-refractivity contribution >= 4 is 16.7 Å². The van der Waals surface area contributed by atoms with Gasteiger partial charge in [0.2, 0.25) is 5.13 Å². The van der Waals surface area contributed by atoms with E-state index in [9.17, 15) is 0 Å². The molecule has 2 heterocycles. The molecule has 1 N–H and O–H groups in total. The number of hydrogen-bond donors (Lipinski definition) is 1. The zero-order valence-corrected chi connectivity index (χ0v) is 11.8. The molecule has 4 nitrogen and oxygen atoms in total.